The van der Waals surface area contributed by atoms with Gasteiger partial charge in [0, 0.05) is 17.7 Å². The lowest BCUT2D eigenvalue weighted by Gasteiger charge is -2.03. The van der Waals surface area contributed by atoms with Crippen molar-refractivity contribution in [1.82, 2.24) is 0 Å². The lowest BCUT2D eigenvalue weighted by molar-refractivity contribution is 0.529. The van der Waals surface area contributed by atoms with Gasteiger partial charge in [-0.15, -0.1) is 0 Å². The molecular weight excluding hydrogens is 186 g/mol. The summed E-state index contributed by atoms with van der Waals surface area (Å²) in [4.78, 5) is 0. The second kappa shape index (κ2) is 3.81. The van der Waals surface area contributed by atoms with E-state index < -0.39 is 0 Å². The highest BCUT2D eigenvalue weighted by molar-refractivity contribution is 5.65. The molecule has 1 aromatic carbocycles. The Kier molecular flexibility index (Phi) is 2.50. The first kappa shape index (κ1) is 9.84. The Hall–Kier alpha value is -1.70. The van der Waals surface area contributed by atoms with Gasteiger partial charge in [0.15, 0.2) is 0 Å². The van der Waals surface area contributed by atoms with Crippen LogP contribution in [-0.4, -0.2) is 0 Å². The Bertz CT molecular complexity index is 471. The molecule has 1 aromatic heterocycles. The fraction of sp³-hybridized carbons (Fsp3) is 0.231. The molecule has 2 heteroatoms. The van der Waals surface area contributed by atoms with Crippen LogP contribution >= 0.6 is 0 Å². The highest BCUT2D eigenvalue weighted by Gasteiger charge is 2.06. The molecule has 0 amide bonds. The summed E-state index contributed by atoms with van der Waals surface area (Å²) in [6, 6.07) is 9.89. The van der Waals surface area contributed by atoms with E-state index in [1.807, 2.05) is 37.3 Å². The summed E-state index contributed by atoms with van der Waals surface area (Å²) in [6.45, 7) is 4.12. The first-order valence-corrected chi connectivity index (χ1v) is 5.16. The molecule has 0 aliphatic carbocycles. The van der Waals surface area contributed by atoms with Gasteiger partial charge in [0.05, 0.1) is 0 Å². The second-order valence-corrected chi connectivity index (χ2v) is 3.69. The molecule has 0 fully saturated rings. The molecule has 0 aliphatic rings. The third-order valence-corrected chi connectivity index (χ3v) is 2.53. The number of aryl methyl sites for hydroxylation is 2. The van der Waals surface area contributed by atoms with Crippen molar-refractivity contribution in [2.75, 3.05) is 5.73 Å². The summed E-state index contributed by atoms with van der Waals surface area (Å²) in [6.07, 6.45) is 0.925. The minimum atomic E-state index is 0.790. The monoisotopic (exact) mass is 201 g/mol. The van der Waals surface area contributed by atoms with Crippen LogP contribution in [0.2, 0.25) is 0 Å². The Balaban J connectivity index is 2.44. The highest BCUT2D eigenvalue weighted by atomic mass is 16.3. The van der Waals surface area contributed by atoms with Gasteiger partial charge >= 0.3 is 0 Å². The maximum Gasteiger partial charge on any atom is 0.134 e. The molecule has 0 radical (unpaired) electrons. The van der Waals surface area contributed by atoms with E-state index in [9.17, 15) is 0 Å². The molecule has 0 atom stereocenters. The van der Waals surface area contributed by atoms with Gasteiger partial charge in [-0.25, -0.2) is 0 Å². The van der Waals surface area contributed by atoms with Crippen molar-refractivity contribution in [3.05, 3.63) is 41.7 Å². The van der Waals surface area contributed by atoms with Crippen LogP contribution in [0.15, 0.2) is 34.7 Å². The average molecular weight is 201 g/mol. The third-order valence-electron chi connectivity index (χ3n) is 2.53. The Morgan fingerprint density at radius 2 is 2.00 bits per heavy atom. The van der Waals surface area contributed by atoms with E-state index in [1.165, 1.54) is 0 Å². The van der Waals surface area contributed by atoms with E-state index in [0.29, 0.717) is 0 Å². The number of anilines is 1. The van der Waals surface area contributed by atoms with Gasteiger partial charge in [-0.3, -0.25) is 0 Å². The lowest BCUT2D eigenvalue weighted by Crippen LogP contribution is -1.87. The molecule has 0 bridgehead atoms. The van der Waals surface area contributed by atoms with E-state index >= 15 is 0 Å². The molecule has 2 rings (SSSR count). The quantitative estimate of drug-likeness (QED) is 0.756. The van der Waals surface area contributed by atoms with Crippen LogP contribution in [0, 0.1) is 6.92 Å². The Labute approximate surface area is 89.7 Å². The van der Waals surface area contributed by atoms with Crippen LogP contribution in [0.4, 0.5) is 5.69 Å². The summed E-state index contributed by atoms with van der Waals surface area (Å²) in [7, 11) is 0. The average Bonchev–Trinajstić information content (AvgIpc) is 2.66. The number of benzene rings is 1. The predicted octanol–water partition coefficient (Wildman–Crippen LogP) is 3.40. The zero-order valence-electron chi connectivity index (χ0n) is 9.08. The largest absolute Gasteiger partial charge is 0.461 e. The standard InChI is InChI=1S/C13H15NO/c1-3-11-5-7-13(15-11)12-6-4-10(14)8-9(12)2/h4-8H,3,14H2,1-2H3. The molecule has 2 aromatic rings. The summed E-state index contributed by atoms with van der Waals surface area (Å²) in [5, 5.41) is 0. The summed E-state index contributed by atoms with van der Waals surface area (Å²) in [5.41, 5.74) is 8.76. The van der Waals surface area contributed by atoms with Crippen LogP contribution in [0.3, 0.4) is 0 Å². The van der Waals surface area contributed by atoms with Gasteiger partial charge in [-0.05, 0) is 42.8 Å². The van der Waals surface area contributed by atoms with Crippen LogP contribution < -0.4 is 5.73 Å². The van der Waals surface area contributed by atoms with Crippen molar-refractivity contribution < 1.29 is 4.42 Å². The zero-order valence-corrected chi connectivity index (χ0v) is 9.08. The molecule has 0 saturated heterocycles. The highest BCUT2D eigenvalue weighted by Crippen LogP contribution is 2.26. The van der Waals surface area contributed by atoms with Crippen molar-refractivity contribution >= 4 is 5.69 Å². The first-order chi connectivity index (χ1) is 7.20. The summed E-state index contributed by atoms with van der Waals surface area (Å²) in [5.74, 6) is 1.94. The fourth-order valence-corrected chi connectivity index (χ4v) is 1.68. The van der Waals surface area contributed by atoms with E-state index in [1.54, 1.807) is 0 Å². The van der Waals surface area contributed by atoms with Gasteiger partial charge in [0.1, 0.15) is 11.5 Å². The Morgan fingerprint density at radius 3 is 2.60 bits per heavy atom. The number of furan rings is 1. The summed E-state index contributed by atoms with van der Waals surface area (Å²) >= 11 is 0. The molecule has 2 nitrogen and oxygen atoms in total. The zero-order chi connectivity index (χ0) is 10.8. The molecule has 78 valence electrons. The number of nitrogen functional groups attached to an aromatic ring is 1. The van der Waals surface area contributed by atoms with Crippen molar-refractivity contribution in [1.29, 1.82) is 0 Å². The SMILES string of the molecule is CCc1ccc(-c2ccc(N)cc2C)o1. The minimum Gasteiger partial charge on any atom is -0.461 e. The van der Waals surface area contributed by atoms with Gasteiger partial charge < -0.3 is 10.2 Å². The summed E-state index contributed by atoms with van der Waals surface area (Å²) < 4.78 is 5.70. The lowest BCUT2D eigenvalue weighted by atomic mass is 10.1. The third kappa shape index (κ3) is 1.89. The van der Waals surface area contributed by atoms with E-state index in [0.717, 1.165) is 34.8 Å². The number of hydrogen-bond acceptors (Lipinski definition) is 2. The van der Waals surface area contributed by atoms with Gasteiger partial charge in [-0.1, -0.05) is 6.92 Å². The van der Waals surface area contributed by atoms with E-state index in [2.05, 4.69) is 6.92 Å². The smallest absolute Gasteiger partial charge is 0.134 e. The molecule has 1 heterocycles. The topological polar surface area (TPSA) is 39.2 Å². The van der Waals surface area contributed by atoms with Crippen molar-refractivity contribution in [3.63, 3.8) is 0 Å². The minimum absolute atomic E-state index is 0.790. The van der Waals surface area contributed by atoms with Crippen LogP contribution in [-0.2, 0) is 6.42 Å². The van der Waals surface area contributed by atoms with Gasteiger partial charge in [0.2, 0.25) is 0 Å². The van der Waals surface area contributed by atoms with E-state index in [4.69, 9.17) is 10.2 Å². The van der Waals surface area contributed by atoms with Gasteiger partial charge in [0.25, 0.3) is 0 Å². The predicted molar refractivity (Wildman–Crippen MR) is 62.7 cm³/mol. The van der Waals surface area contributed by atoms with Crippen molar-refractivity contribution in [2.24, 2.45) is 0 Å². The first-order valence-electron chi connectivity index (χ1n) is 5.16. The number of hydrogen-bond donors (Lipinski definition) is 1. The molecule has 0 aliphatic heterocycles. The van der Waals surface area contributed by atoms with Crippen molar-refractivity contribution in [3.8, 4) is 11.3 Å². The molecular formula is C13H15NO. The van der Waals surface area contributed by atoms with E-state index in [-0.39, 0.29) is 0 Å². The Morgan fingerprint density at radius 1 is 1.20 bits per heavy atom. The fourth-order valence-electron chi connectivity index (χ4n) is 1.68. The molecule has 2 N–H and O–H groups in total. The number of nitrogens with two attached hydrogens (primary N) is 1. The van der Waals surface area contributed by atoms with Crippen LogP contribution in [0.5, 0.6) is 0 Å². The second-order valence-electron chi connectivity index (χ2n) is 3.69. The molecule has 0 saturated carbocycles. The van der Waals surface area contributed by atoms with Gasteiger partial charge in [-0.2, -0.15) is 0 Å². The normalized spacial score (nSPS) is 10.5. The maximum absolute atomic E-state index is 5.71. The van der Waals surface area contributed by atoms with Crippen LogP contribution in [0.1, 0.15) is 18.2 Å². The maximum atomic E-state index is 5.71. The van der Waals surface area contributed by atoms with Crippen molar-refractivity contribution in [2.45, 2.75) is 20.3 Å². The molecule has 0 spiro atoms. The number of rotatable bonds is 2. The molecule has 15 heavy (non-hydrogen) atoms. The molecule has 0 unspecified atom stereocenters. The van der Waals surface area contributed by atoms with Crippen LogP contribution in [0.25, 0.3) is 11.3 Å².